The minimum Gasteiger partial charge on any atom is -0.478 e. The first-order chi connectivity index (χ1) is 16.5. The fraction of sp³-hybridized carbons (Fsp3) is 0.138. The summed E-state index contributed by atoms with van der Waals surface area (Å²) in [5.41, 5.74) is 7.76. The lowest BCUT2D eigenvalue weighted by Crippen LogP contribution is -2.12. The van der Waals surface area contributed by atoms with Gasteiger partial charge in [0, 0.05) is 29.8 Å². The monoisotopic (exact) mass is 450 g/mol. The Hall–Kier alpha value is -4.25. The molecule has 0 saturated carbocycles. The molecule has 1 aromatic heterocycles. The van der Waals surface area contributed by atoms with Gasteiger partial charge in [-0.1, -0.05) is 65.8 Å². The Balaban J connectivity index is 1.72. The number of carbonyl (C=O) groups is 1. The summed E-state index contributed by atoms with van der Waals surface area (Å²) in [5.74, 6) is -0.972. The number of aryl methyl sites for hydroxylation is 2. The van der Waals surface area contributed by atoms with E-state index in [1.165, 1.54) is 0 Å². The molecule has 5 heteroatoms. The predicted octanol–water partition coefficient (Wildman–Crippen LogP) is 6.46. The Kier molecular flexibility index (Phi) is 6.83. The van der Waals surface area contributed by atoms with Crippen LogP contribution in [0.1, 0.15) is 50.6 Å². The van der Waals surface area contributed by atoms with Gasteiger partial charge in [0.25, 0.3) is 0 Å². The van der Waals surface area contributed by atoms with Gasteiger partial charge < -0.3 is 10.3 Å². The van der Waals surface area contributed by atoms with Crippen LogP contribution in [0.4, 0.5) is 0 Å². The molecule has 0 radical (unpaired) electrons. The van der Waals surface area contributed by atoms with Crippen molar-refractivity contribution in [2.45, 2.75) is 26.2 Å². The standard InChI is InChI=1S/C29H26N2O3/c1-19-6-3-4-9-26(19)27(18-28(31-34)24-14-15-30-20(2)16-24)22-12-10-21(11-13-22)23-7-5-8-25(17-23)29(32)33/h3-17,27,34H,18H2,1-2H3,(H,32,33)/b31-28+. The van der Waals surface area contributed by atoms with Crippen LogP contribution in [0.15, 0.2) is 96.3 Å². The number of carboxylic acids is 1. The van der Waals surface area contributed by atoms with Gasteiger partial charge in [-0.25, -0.2) is 4.79 Å². The Labute approximate surface area is 199 Å². The Morgan fingerprint density at radius 1 is 0.882 bits per heavy atom. The molecule has 0 saturated heterocycles. The van der Waals surface area contributed by atoms with Crippen molar-refractivity contribution in [3.05, 3.63) is 125 Å². The molecule has 1 atom stereocenters. The lowest BCUT2D eigenvalue weighted by atomic mass is 9.83. The summed E-state index contributed by atoms with van der Waals surface area (Å²) < 4.78 is 0. The Bertz CT molecular complexity index is 1340. The second-order valence-corrected chi connectivity index (χ2v) is 8.35. The number of hydrogen-bond donors (Lipinski definition) is 2. The normalized spacial score (nSPS) is 12.4. The first kappa shape index (κ1) is 22.9. The summed E-state index contributed by atoms with van der Waals surface area (Å²) in [5, 5.41) is 22.8. The van der Waals surface area contributed by atoms with Crippen LogP contribution in [0.2, 0.25) is 0 Å². The number of oxime groups is 1. The van der Waals surface area contributed by atoms with Crippen molar-refractivity contribution in [1.29, 1.82) is 0 Å². The number of nitrogens with zero attached hydrogens (tertiary/aromatic N) is 2. The second kappa shape index (κ2) is 10.1. The van der Waals surface area contributed by atoms with Crippen LogP contribution in [-0.4, -0.2) is 27.0 Å². The highest BCUT2D eigenvalue weighted by molar-refractivity contribution is 6.01. The fourth-order valence-corrected chi connectivity index (χ4v) is 4.26. The van der Waals surface area contributed by atoms with E-state index in [0.29, 0.717) is 12.1 Å². The summed E-state index contributed by atoms with van der Waals surface area (Å²) in [6.45, 7) is 4.00. The van der Waals surface area contributed by atoms with Crippen molar-refractivity contribution in [2.24, 2.45) is 5.16 Å². The van der Waals surface area contributed by atoms with Crippen LogP contribution in [0.25, 0.3) is 11.1 Å². The zero-order chi connectivity index (χ0) is 24.1. The quantitative estimate of drug-likeness (QED) is 0.192. The van der Waals surface area contributed by atoms with Gasteiger partial charge >= 0.3 is 5.97 Å². The van der Waals surface area contributed by atoms with Gasteiger partial charge in [-0.2, -0.15) is 0 Å². The summed E-state index contributed by atoms with van der Waals surface area (Å²) in [7, 11) is 0. The van der Waals surface area contributed by atoms with E-state index in [1.807, 2.05) is 49.4 Å². The van der Waals surface area contributed by atoms with E-state index in [4.69, 9.17) is 0 Å². The third-order valence-electron chi connectivity index (χ3n) is 6.07. The zero-order valence-electron chi connectivity index (χ0n) is 19.1. The number of aromatic carboxylic acids is 1. The van der Waals surface area contributed by atoms with Gasteiger partial charge in [-0.15, -0.1) is 0 Å². The van der Waals surface area contributed by atoms with Crippen molar-refractivity contribution in [3.8, 4) is 11.1 Å². The van der Waals surface area contributed by atoms with Crippen molar-refractivity contribution in [3.63, 3.8) is 0 Å². The molecule has 0 spiro atoms. The Morgan fingerprint density at radius 2 is 1.65 bits per heavy atom. The average molecular weight is 451 g/mol. The van der Waals surface area contributed by atoms with Crippen molar-refractivity contribution in [1.82, 2.24) is 4.98 Å². The average Bonchev–Trinajstić information content (AvgIpc) is 2.86. The summed E-state index contributed by atoms with van der Waals surface area (Å²) in [6, 6.07) is 27.1. The lowest BCUT2D eigenvalue weighted by molar-refractivity contribution is 0.0697. The molecule has 0 fully saturated rings. The number of aromatic nitrogens is 1. The summed E-state index contributed by atoms with van der Waals surface area (Å²) >= 11 is 0. The number of benzene rings is 3. The zero-order valence-corrected chi connectivity index (χ0v) is 19.1. The van der Waals surface area contributed by atoms with E-state index in [-0.39, 0.29) is 11.5 Å². The smallest absolute Gasteiger partial charge is 0.335 e. The van der Waals surface area contributed by atoms with Crippen LogP contribution in [0.3, 0.4) is 0 Å². The van der Waals surface area contributed by atoms with E-state index < -0.39 is 5.97 Å². The van der Waals surface area contributed by atoms with Gasteiger partial charge in [0.2, 0.25) is 0 Å². The first-order valence-corrected chi connectivity index (χ1v) is 11.1. The van der Waals surface area contributed by atoms with Gasteiger partial charge in [-0.3, -0.25) is 4.98 Å². The molecule has 3 aromatic carbocycles. The maximum Gasteiger partial charge on any atom is 0.335 e. The molecule has 0 aliphatic heterocycles. The summed E-state index contributed by atoms with van der Waals surface area (Å²) in [4.78, 5) is 15.6. The number of hydrogen-bond acceptors (Lipinski definition) is 4. The molecule has 34 heavy (non-hydrogen) atoms. The molecule has 1 heterocycles. The third-order valence-corrected chi connectivity index (χ3v) is 6.07. The molecule has 4 rings (SSSR count). The van der Waals surface area contributed by atoms with E-state index in [0.717, 1.165) is 39.1 Å². The summed E-state index contributed by atoms with van der Waals surface area (Å²) in [6.07, 6.45) is 2.23. The SMILES string of the molecule is Cc1cc(/C(CC(c2ccc(-c3cccc(C(=O)O)c3)cc2)c2ccccc2C)=N/O)ccn1. The van der Waals surface area contributed by atoms with Crippen LogP contribution in [0.5, 0.6) is 0 Å². The maximum absolute atomic E-state index is 11.4. The molecule has 2 N–H and O–H groups in total. The van der Waals surface area contributed by atoms with Gasteiger partial charge in [0.05, 0.1) is 11.3 Å². The van der Waals surface area contributed by atoms with Crippen LogP contribution < -0.4 is 0 Å². The highest BCUT2D eigenvalue weighted by Crippen LogP contribution is 2.33. The van der Waals surface area contributed by atoms with E-state index in [2.05, 4.69) is 41.3 Å². The lowest BCUT2D eigenvalue weighted by Gasteiger charge is -2.21. The molecule has 0 bridgehead atoms. The highest BCUT2D eigenvalue weighted by atomic mass is 16.4. The molecule has 0 aliphatic carbocycles. The second-order valence-electron chi connectivity index (χ2n) is 8.35. The minimum absolute atomic E-state index is 0.0278. The molecule has 170 valence electrons. The molecular weight excluding hydrogens is 424 g/mol. The van der Waals surface area contributed by atoms with E-state index in [9.17, 15) is 15.1 Å². The topological polar surface area (TPSA) is 82.8 Å². The van der Waals surface area contributed by atoms with Gasteiger partial charge in [0.1, 0.15) is 0 Å². The van der Waals surface area contributed by atoms with E-state index >= 15 is 0 Å². The molecular formula is C29H26N2O3. The third kappa shape index (κ3) is 5.04. The van der Waals surface area contributed by atoms with Crippen molar-refractivity contribution in [2.75, 3.05) is 0 Å². The Morgan fingerprint density at radius 3 is 2.32 bits per heavy atom. The maximum atomic E-state index is 11.4. The predicted molar refractivity (Wildman–Crippen MR) is 134 cm³/mol. The largest absolute Gasteiger partial charge is 0.478 e. The van der Waals surface area contributed by atoms with Crippen LogP contribution in [0, 0.1) is 13.8 Å². The van der Waals surface area contributed by atoms with E-state index in [1.54, 1.807) is 24.4 Å². The number of rotatable bonds is 7. The van der Waals surface area contributed by atoms with Crippen molar-refractivity contribution >= 4 is 11.7 Å². The van der Waals surface area contributed by atoms with Gasteiger partial charge in [-0.05, 0) is 65.9 Å². The first-order valence-electron chi connectivity index (χ1n) is 11.1. The number of carboxylic acid groups (broad SMARTS) is 1. The van der Waals surface area contributed by atoms with Crippen LogP contribution >= 0.6 is 0 Å². The van der Waals surface area contributed by atoms with Crippen LogP contribution in [-0.2, 0) is 0 Å². The fourth-order valence-electron chi connectivity index (χ4n) is 4.26. The van der Waals surface area contributed by atoms with Crippen molar-refractivity contribution < 1.29 is 15.1 Å². The minimum atomic E-state index is -0.944. The van der Waals surface area contributed by atoms with Gasteiger partial charge in [0.15, 0.2) is 0 Å². The molecule has 5 nitrogen and oxygen atoms in total. The molecule has 0 amide bonds. The molecule has 4 aromatic rings. The molecule has 1 unspecified atom stereocenters. The highest BCUT2D eigenvalue weighted by Gasteiger charge is 2.20. The number of pyridine rings is 1. The molecule has 0 aliphatic rings.